The molecule has 6 nitrogen and oxygen atoms in total. The first-order valence-electron chi connectivity index (χ1n) is 9.32. The molecule has 0 spiro atoms. The second kappa shape index (κ2) is 9.71. The molecule has 3 rings (SSSR count). The molecule has 0 heterocycles. The summed E-state index contributed by atoms with van der Waals surface area (Å²) in [5.41, 5.74) is 1.71. The SMILES string of the molecule is COCOc1ccc(C=CC(=O)OC)c(C(=O)N(C)c2ccc3ccccc3c2)c1. The van der Waals surface area contributed by atoms with E-state index in [1.165, 1.54) is 20.3 Å². The van der Waals surface area contributed by atoms with Crippen molar-refractivity contribution < 1.29 is 23.8 Å². The number of nitrogens with zero attached hydrogens (tertiary/aromatic N) is 1. The molecule has 3 aromatic rings. The number of benzene rings is 3. The van der Waals surface area contributed by atoms with Crippen molar-refractivity contribution in [2.75, 3.05) is 33.0 Å². The summed E-state index contributed by atoms with van der Waals surface area (Å²) in [5.74, 6) is -0.254. The first-order chi connectivity index (χ1) is 14.5. The molecule has 30 heavy (non-hydrogen) atoms. The normalized spacial score (nSPS) is 10.9. The van der Waals surface area contributed by atoms with Crippen molar-refractivity contribution in [1.82, 2.24) is 0 Å². The van der Waals surface area contributed by atoms with Crippen LogP contribution in [0.5, 0.6) is 5.75 Å². The fourth-order valence-corrected chi connectivity index (χ4v) is 2.99. The third-order valence-electron chi connectivity index (χ3n) is 4.62. The van der Waals surface area contributed by atoms with Gasteiger partial charge < -0.3 is 19.1 Å². The Morgan fingerprint density at radius 1 is 0.967 bits per heavy atom. The summed E-state index contributed by atoms with van der Waals surface area (Å²) in [4.78, 5) is 26.4. The number of carbonyl (C=O) groups is 2. The summed E-state index contributed by atoms with van der Waals surface area (Å²) in [6, 6.07) is 18.9. The van der Waals surface area contributed by atoms with Crippen LogP contribution in [0.15, 0.2) is 66.7 Å². The van der Waals surface area contributed by atoms with Crippen molar-refractivity contribution in [2.45, 2.75) is 0 Å². The predicted molar refractivity (Wildman–Crippen MR) is 117 cm³/mol. The molecule has 0 aliphatic rings. The lowest BCUT2D eigenvalue weighted by Gasteiger charge is -2.20. The molecule has 0 aliphatic carbocycles. The van der Waals surface area contributed by atoms with Gasteiger partial charge >= 0.3 is 5.97 Å². The molecule has 3 aromatic carbocycles. The van der Waals surface area contributed by atoms with Gasteiger partial charge in [-0.1, -0.05) is 36.4 Å². The Morgan fingerprint density at radius 2 is 1.73 bits per heavy atom. The van der Waals surface area contributed by atoms with E-state index >= 15 is 0 Å². The maximum absolute atomic E-state index is 13.3. The van der Waals surface area contributed by atoms with E-state index in [1.54, 1.807) is 36.2 Å². The van der Waals surface area contributed by atoms with E-state index in [9.17, 15) is 9.59 Å². The number of rotatable bonds is 7. The minimum atomic E-state index is -0.504. The molecule has 0 saturated carbocycles. The highest BCUT2D eigenvalue weighted by molar-refractivity contribution is 6.09. The maximum Gasteiger partial charge on any atom is 0.330 e. The largest absolute Gasteiger partial charge is 0.468 e. The van der Waals surface area contributed by atoms with Gasteiger partial charge in [0.1, 0.15) is 5.75 Å². The van der Waals surface area contributed by atoms with Crippen LogP contribution >= 0.6 is 0 Å². The summed E-state index contributed by atoms with van der Waals surface area (Å²) in [5, 5.41) is 2.14. The van der Waals surface area contributed by atoms with Crippen molar-refractivity contribution in [3.8, 4) is 5.75 Å². The minimum absolute atomic E-state index is 0.0610. The second-order valence-corrected chi connectivity index (χ2v) is 6.55. The third kappa shape index (κ3) is 4.85. The number of amides is 1. The average Bonchev–Trinajstić information content (AvgIpc) is 2.80. The minimum Gasteiger partial charge on any atom is -0.468 e. The molecule has 0 bridgehead atoms. The van der Waals surface area contributed by atoms with Crippen molar-refractivity contribution in [3.63, 3.8) is 0 Å². The predicted octanol–water partition coefficient (Wildman–Crippen LogP) is 4.29. The Hall–Kier alpha value is -3.64. The van der Waals surface area contributed by atoms with Gasteiger partial charge in [0.05, 0.1) is 12.7 Å². The highest BCUT2D eigenvalue weighted by Gasteiger charge is 2.18. The molecule has 0 radical (unpaired) electrons. The zero-order valence-electron chi connectivity index (χ0n) is 17.1. The van der Waals surface area contributed by atoms with E-state index in [0.717, 1.165) is 16.5 Å². The molecule has 0 unspecified atom stereocenters. The van der Waals surface area contributed by atoms with Gasteiger partial charge in [0, 0.05) is 25.9 Å². The highest BCUT2D eigenvalue weighted by atomic mass is 16.7. The lowest BCUT2D eigenvalue weighted by molar-refractivity contribution is -0.134. The molecule has 6 heteroatoms. The van der Waals surface area contributed by atoms with Gasteiger partial charge in [-0.15, -0.1) is 0 Å². The summed E-state index contributed by atoms with van der Waals surface area (Å²) in [6.07, 6.45) is 2.82. The average molecular weight is 405 g/mol. The van der Waals surface area contributed by atoms with E-state index in [-0.39, 0.29) is 12.7 Å². The Kier molecular flexibility index (Phi) is 6.83. The number of hydrogen-bond donors (Lipinski definition) is 0. The number of methoxy groups -OCH3 is 2. The van der Waals surface area contributed by atoms with Crippen LogP contribution in [-0.4, -0.2) is 39.9 Å². The van der Waals surface area contributed by atoms with Gasteiger partial charge in [-0.25, -0.2) is 4.79 Å². The first-order valence-corrected chi connectivity index (χ1v) is 9.32. The van der Waals surface area contributed by atoms with Gasteiger partial charge in [-0.2, -0.15) is 0 Å². The van der Waals surface area contributed by atoms with Crippen molar-refractivity contribution >= 4 is 34.4 Å². The monoisotopic (exact) mass is 405 g/mol. The van der Waals surface area contributed by atoms with Crippen LogP contribution in [0.25, 0.3) is 16.8 Å². The first kappa shape index (κ1) is 21.1. The Morgan fingerprint density at radius 3 is 2.47 bits per heavy atom. The van der Waals surface area contributed by atoms with Crippen LogP contribution in [0, 0.1) is 0 Å². The van der Waals surface area contributed by atoms with Gasteiger partial charge in [0.2, 0.25) is 0 Å². The molecule has 0 saturated heterocycles. The van der Waals surface area contributed by atoms with E-state index in [0.29, 0.717) is 16.9 Å². The number of anilines is 1. The van der Waals surface area contributed by atoms with E-state index in [1.807, 2.05) is 42.5 Å². The summed E-state index contributed by atoms with van der Waals surface area (Å²) < 4.78 is 15.1. The Labute approximate surface area is 175 Å². The fourth-order valence-electron chi connectivity index (χ4n) is 2.99. The molecular weight excluding hydrogens is 382 g/mol. The van der Waals surface area contributed by atoms with Crippen LogP contribution in [0.3, 0.4) is 0 Å². The standard InChI is InChI=1S/C24H23NO5/c1-25(20-11-8-17-6-4-5-7-19(17)14-20)24(27)22-15-21(30-16-28-2)12-9-18(22)10-13-23(26)29-3/h4-15H,16H2,1-3H3. The van der Waals surface area contributed by atoms with E-state index in [2.05, 4.69) is 4.74 Å². The molecule has 154 valence electrons. The van der Waals surface area contributed by atoms with Crippen molar-refractivity contribution in [3.05, 3.63) is 77.9 Å². The number of hydrogen-bond acceptors (Lipinski definition) is 5. The van der Waals surface area contributed by atoms with Gasteiger partial charge in [-0.3, -0.25) is 4.79 Å². The Balaban J connectivity index is 1.97. The lowest BCUT2D eigenvalue weighted by atomic mass is 10.0. The van der Waals surface area contributed by atoms with Crippen molar-refractivity contribution in [2.24, 2.45) is 0 Å². The molecule has 0 atom stereocenters. The summed E-state index contributed by atoms with van der Waals surface area (Å²) >= 11 is 0. The zero-order valence-corrected chi connectivity index (χ0v) is 17.1. The van der Waals surface area contributed by atoms with Gasteiger partial charge in [-0.05, 0) is 46.7 Å². The van der Waals surface area contributed by atoms with E-state index < -0.39 is 5.97 Å². The number of fused-ring (bicyclic) bond motifs is 1. The fraction of sp³-hybridized carbons (Fsp3) is 0.167. The molecule has 0 fully saturated rings. The molecule has 0 N–H and O–H groups in total. The molecule has 1 amide bonds. The van der Waals surface area contributed by atoms with Gasteiger partial charge in [0.25, 0.3) is 5.91 Å². The van der Waals surface area contributed by atoms with Crippen molar-refractivity contribution in [1.29, 1.82) is 0 Å². The highest BCUT2D eigenvalue weighted by Crippen LogP contribution is 2.26. The van der Waals surface area contributed by atoms with Crippen LogP contribution in [0.1, 0.15) is 15.9 Å². The topological polar surface area (TPSA) is 65.1 Å². The molecule has 0 aliphatic heterocycles. The maximum atomic E-state index is 13.3. The number of ether oxygens (including phenoxy) is 3. The quantitative estimate of drug-likeness (QED) is 0.333. The zero-order chi connectivity index (χ0) is 21.5. The van der Waals surface area contributed by atoms with Crippen LogP contribution in [-0.2, 0) is 14.3 Å². The third-order valence-corrected chi connectivity index (χ3v) is 4.62. The van der Waals surface area contributed by atoms with Gasteiger partial charge in [0.15, 0.2) is 6.79 Å². The number of esters is 1. The van der Waals surface area contributed by atoms with E-state index in [4.69, 9.17) is 9.47 Å². The molecule has 0 aromatic heterocycles. The summed E-state index contributed by atoms with van der Waals surface area (Å²) in [7, 11) is 4.53. The van der Waals surface area contributed by atoms with Crippen LogP contribution < -0.4 is 9.64 Å². The van der Waals surface area contributed by atoms with Crippen LogP contribution in [0.2, 0.25) is 0 Å². The van der Waals surface area contributed by atoms with Crippen LogP contribution in [0.4, 0.5) is 5.69 Å². The number of carbonyl (C=O) groups excluding carboxylic acids is 2. The lowest BCUT2D eigenvalue weighted by Crippen LogP contribution is -2.27. The summed E-state index contributed by atoms with van der Waals surface area (Å²) in [6.45, 7) is 0.0610. The smallest absolute Gasteiger partial charge is 0.330 e. The Bertz CT molecular complexity index is 1090. The molecular formula is C24H23NO5. The second-order valence-electron chi connectivity index (χ2n) is 6.55.